The average Bonchev–Trinajstić information content (AvgIpc) is 2.89. The molecule has 3 rings (SSSR count). The van der Waals surface area contributed by atoms with E-state index in [9.17, 15) is 18.0 Å². The number of carbonyl (C=O) groups is 1. The average molecular weight is 321 g/mol. The van der Waals surface area contributed by atoms with E-state index in [2.05, 4.69) is 4.98 Å². The molecular formula is C16H14F3N3O. The van der Waals surface area contributed by atoms with E-state index >= 15 is 0 Å². The smallest absolute Gasteiger partial charge is 0.292 e. The third-order valence-electron chi connectivity index (χ3n) is 3.82. The first kappa shape index (κ1) is 15.3. The highest BCUT2D eigenvalue weighted by Gasteiger charge is 2.33. The summed E-state index contributed by atoms with van der Waals surface area (Å²) in [5.74, 6) is 0. The molecule has 4 nitrogen and oxygen atoms in total. The SMILES string of the molecule is Cc1ccncc1N1CCN(c2ccc(C(F)(F)F)cc2)C1=O. The molecule has 0 atom stereocenters. The number of aromatic nitrogens is 1. The molecule has 1 aliphatic heterocycles. The van der Waals surface area contributed by atoms with Gasteiger partial charge in [-0.1, -0.05) is 0 Å². The zero-order valence-corrected chi connectivity index (χ0v) is 12.3. The molecule has 2 aromatic rings. The quantitative estimate of drug-likeness (QED) is 0.842. The van der Waals surface area contributed by atoms with Crippen LogP contribution in [0.15, 0.2) is 42.7 Å². The molecule has 0 aliphatic carbocycles. The minimum atomic E-state index is -4.38. The van der Waals surface area contributed by atoms with Gasteiger partial charge in [0.2, 0.25) is 0 Å². The van der Waals surface area contributed by atoms with Crippen LogP contribution in [0.5, 0.6) is 0 Å². The molecule has 0 saturated carbocycles. The van der Waals surface area contributed by atoms with Gasteiger partial charge in [-0.05, 0) is 42.8 Å². The number of benzene rings is 1. The van der Waals surface area contributed by atoms with Gasteiger partial charge < -0.3 is 0 Å². The molecule has 120 valence electrons. The number of hydrogen-bond donors (Lipinski definition) is 0. The predicted molar refractivity (Wildman–Crippen MR) is 80.5 cm³/mol. The fraction of sp³-hybridized carbons (Fsp3) is 0.250. The summed E-state index contributed by atoms with van der Waals surface area (Å²) in [5, 5.41) is 0. The molecule has 0 N–H and O–H groups in total. The lowest BCUT2D eigenvalue weighted by molar-refractivity contribution is -0.137. The number of carbonyl (C=O) groups excluding carboxylic acids is 1. The van der Waals surface area contributed by atoms with Crippen molar-refractivity contribution in [2.45, 2.75) is 13.1 Å². The lowest BCUT2D eigenvalue weighted by atomic mass is 10.2. The Morgan fingerprint density at radius 1 is 1.04 bits per heavy atom. The van der Waals surface area contributed by atoms with Gasteiger partial charge >= 0.3 is 12.2 Å². The molecule has 7 heteroatoms. The maximum absolute atomic E-state index is 12.6. The standard InChI is InChI=1S/C16H14F3N3O/c1-11-6-7-20-10-14(11)22-9-8-21(15(22)23)13-4-2-12(3-5-13)16(17,18)19/h2-7,10H,8-9H2,1H3. The lowest BCUT2D eigenvalue weighted by Gasteiger charge is -2.20. The van der Waals surface area contributed by atoms with Crippen LogP contribution in [0.25, 0.3) is 0 Å². The Kier molecular flexibility index (Phi) is 3.71. The second kappa shape index (κ2) is 5.57. The van der Waals surface area contributed by atoms with Crippen molar-refractivity contribution in [1.82, 2.24) is 4.98 Å². The van der Waals surface area contributed by atoms with E-state index in [-0.39, 0.29) is 6.03 Å². The van der Waals surface area contributed by atoms with Gasteiger partial charge in [-0.2, -0.15) is 13.2 Å². The van der Waals surface area contributed by atoms with Crippen LogP contribution in [-0.2, 0) is 6.18 Å². The van der Waals surface area contributed by atoms with Crippen LogP contribution in [0.4, 0.5) is 29.3 Å². The van der Waals surface area contributed by atoms with Crippen molar-refractivity contribution in [3.63, 3.8) is 0 Å². The van der Waals surface area contributed by atoms with Crippen LogP contribution in [0.3, 0.4) is 0 Å². The number of aryl methyl sites for hydroxylation is 1. The van der Waals surface area contributed by atoms with E-state index in [0.29, 0.717) is 24.5 Å². The molecule has 1 fully saturated rings. The molecule has 2 heterocycles. The van der Waals surface area contributed by atoms with Crippen LogP contribution in [0, 0.1) is 6.92 Å². The number of pyridine rings is 1. The first-order valence-electron chi connectivity index (χ1n) is 7.05. The largest absolute Gasteiger partial charge is 0.416 e. The molecule has 1 aliphatic rings. The molecule has 23 heavy (non-hydrogen) atoms. The molecule has 1 aromatic heterocycles. The molecule has 1 saturated heterocycles. The fourth-order valence-electron chi connectivity index (χ4n) is 2.57. The maximum Gasteiger partial charge on any atom is 0.416 e. The highest BCUT2D eigenvalue weighted by atomic mass is 19.4. The Hall–Kier alpha value is -2.57. The zero-order chi connectivity index (χ0) is 16.6. The third-order valence-corrected chi connectivity index (χ3v) is 3.82. The first-order chi connectivity index (χ1) is 10.9. The molecule has 0 spiro atoms. The molecule has 1 aromatic carbocycles. The van der Waals surface area contributed by atoms with E-state index in [1.807, 2.05) is 13.0 Å². The van der Waals surface area contributed by atoms with Gasteiger partial charge in [-0.3, -0.25) is 14.8 Å². The Labute approximate surface area is 131 Å². The van der Waals surface area contributed by atoms with Gasteiger partial charge in [0.1, 0.15) is 0 Å². The molecular weight excluding hydrogens is 307 g/mol. The highest BCUT2D eigenvalue weighted by molar-refractivity contribution is 6.06. The van der Waals surface area contributed by atoms with E-state index in [1.165, 1.54) is 17.0 Å². The second-order valence-corrected chi connectivity index (χ2v) is 5.29. The van der Waals surface area contributed by atoms with Gasteiger partial charge in [0.15, 0.2) is 0 Å². The normalized spacial score (nSPS) is 15.4. The number of hydrogen-bond acceptors (Lipinski definition) is 2. The summed E-state index contributed by atoms with van der Waals surface area (Å²) < 4.78 is 37.8. The van der Waals surface area contributed by atoms with E-state index in [1.54, 1.807) is 17.3 Å². The summed E-state index contributed by atoms with van der Waals surface area (Å²) >= 11 is 0. The molecule has 0 radical (unpaired) electrons. The summed E-state index contributed by atoms with van der Waals surface area (Å²) in [6.45, 7) is 2.76. The number of nitrogens with zero attached hydrogens (tertiary/aromatic N) is 3. The summed E-state index contributed by atoms with van der Waals surface area (Å²) in [5.41, 5.74) is 1.36. The van der Waals surface area contributed by atoms with Crippen molar-refractivity contribution in [3.8, 4) is 0 Å². The van der Waals surface area contributed by atoms with Crippen molar-refractivity contribution >= 4 is 17.4 Å². The van der Waals surface area contributed by atoms with Crippen molar-refractivity contribution in [1.29, 1.82) is 0 Å². The van der Waals surface area contributed by atoms with Crippen LogP contribution >= 0.6 is 0 Å². The Bertz CT molecular complexity index is 728. The summed E-state index contributed by atoms with van der Waals surface area (Å²) in [7, 11) is 0. The highest BCUT2D eigenvalue weighted by Crippen LogP contribution is 2.32. The van der Waals surface area contributed by atoms with Crippen molar-refractivity contribution in [2.24, 2.45) is 0 Å². The topological polar surface area (TPSA) is 36.4 Å². The van der Waals surface area contributed by atoms with Gasteiger partial charge in [0.25, 0.3) is 0 Å². The van der Waals surface area contributed by atoms with Crippen LogP contribution in [0.1, 0.15) is 11.1 Å². The van der Waals surface area contributed by atoms with Crippen LogP contribution in [-0.4, -0.2) is 24.1 Å². The van der Waals surface area contributed by atoms with Gasteiger partial charge in [-0.25, -0.2) is 4.79 Å². The summed E-state index contributed by atoms with van der Waals surface area (Å²) in [4.78, 5) is 19.6. The summed E-state index contributed by atoms with van der Waals surface area (Å²) in [6.07, 6.45) is -1.12. The fourth-order valence-corrected chi connectivity index (χ4v) is 2.57. The minimum Gasteiger partial charge on any atom is -0.292 e. The molecule has 2 amide bonds. The number of alkyl halides is 3. The Morgan fingerprint density at radius 2 is 1.70 bits per heavy atom. The van der Waals surface area contributed by atoms with Gasteiger partial charge in [0.05, 0.1) is 17.4 Å². The Morgan fingerprint density at radius 3 is 2.30 bits per heavy atom. The third kappa shape index (κ3) is 2.86. The van der Waals surface area contributed by atoms with Crippen molar-refractivity contribution in [2.75, 3.05) is 22.9 Å². The first-order valence-corrected chi connectivity index (χ1v) is 7.05. The van der Waals surface area contributed by atoms with E-state index in [0.717, 1.165) is 17.7 Å². The van der Waals surface area contributed by atoms with Gasteiger partial charge in [-0.15, -0.1) is 0 Å². The second-order valence-electron chi connectivity index (χ2n) is 5.29. The number of amides is 2. The van der Waals surface area contributed by atoms with E-state index < -0.39 is 11.7 Å². The Balaban J connectivity index is 1.83. The minimum absolute atomic E-state index is 0.263. The number of halogens is 3. The van der Waals surface area contributed by atoms with Crippen LogP contribution < -0.4 is 9.80 Å². The predicted octanol–water partition coefficient (Wildman–Crippen LogP) is 3.86. The van der Waals surface area contributed by atoms with Crippen LogP contribution in [0.2, 0.25) is 0 Å². The maximum atomic E-state index is 12.6. The zero-order valence-electron chi connectivity index (χ0n) is 12.3. The van der Waals surface area contributed by atoms with Crippen molar-refractivity contribution < 1.29 is 18.0 Å². The number of urea groups is 1. The monoisotopic (exact) mass is 321 g/mol. The summed E-state index contributed by atoms with van der Waals surface area (Å²) in [6, 6.07) is 6.16. The molecule has 0 bridgehead atoms. The van der Waals surface area contributed by atoms with Gasteiger partial charge in [0, 0.05) is 25.0 Å². The van der Waals surface area contributed by atoms with Crippen molar-refractivity contribution in [3.05, 3.63) is 53.9 Å². The lowest BCUT2D eigenvalue weighted by Crippen LogP contribution is -2.32. The number of anilines is 2. The number of rotatable bonds is 2. The molecule has 0 unspecified atom stereocenters. The van der Waals surface area contributed by atoms with E-state index in [4.69, 9.17) is 0 Å².